The van der Waals surface area contributed by atoms with Crippen molar-refractivity contribution < 1.29 is 4.79 Å². The lowest BCUT2D eigenvalue weighted by Gasteiger charge is -2.08. The minimum absolute atomic E-state index is 0.140. The molecule has 0 aliphatic heterocycles. The number of carbonyl (C=O) groups excluding carboxylic acids is 1. The third-order valence-electron chi connectivity index (χ3n) is 2.21. The predicted octanol–water partition coefficient (Wildman–Crippen LogP) is 2.69. The molecule has 0 saturated heterocycles. The number of rotatable bonds is 4. The molecule has 0 aliphatic carbocycles. The third kappa shape index (κ3) is 3.51. The first-order chi connectivity index (χ1) is 7.17. The molecule has 0 radical (unpaired) electrons. The van der Waals surface area contributed by atoms with Gasteiger partial charge in [-0.25, -0.2) is 0 Å². The number of alkyl halides is 1. The maximum absolute atomic E-state index is 11.0. The lowest BCUT2D eigenvalue weighted by atomic mass is 10.1. The standard InChI is InChI=1S/C12H14BrNO/c1-3-12(15)14-8-11-6-10(7-13)5-4-9(11)2/h3-6H,1,7-8H2,2H3,(H,14,15). The number of nitrogens with one attached hydrogen (secondary N) is 1. The van der Waals surface area contributed by atoms with Crippen molar-refractivity contribution >= 4 is 21.8 Å². The number of halogens is 1. The molecule has 0 heterocycles. The average Bonchev–Trinajstić information content (AvgIpc) is 2.27. The van der Waals surface area contributed by atoms with E-state index in [2.05, 4.69) is 46.0 Å². The molecule has 0 spiro atoms. The molecule has 2 nitrogen and oxygen atoms in total. The lowest BCUT2D eigenvalue weighted by molar-refractivity contribution is -0.116. The summed E-state index contributed by atoms with van der Waals surface area (Å²) < 4.78 is 0. The summed E-state index contributed by atoms with van der Waals surface area (Å²) in [5.74, 6) is -0.140. The largest absolute Gasteiger partial charge is 0.348 e. The highest BCUT2D eigenvalue weighted by Gasteiger charge is 2.01. The molecule has 1 aromatic carbocycles. The molecule has 0 saturated carbocycles. The summed E-state index contributed by atoms with van der Waals surface area (Å²) in [4.78, 5) is 11.0. The molecule has 80 valence electrons. The summed E-state index contributed by atoms with van der Waals surface area (Å²) in [5, 5.41) is 3.60. The fourth-order valence-corrected chi connectivity index (χ4v) is 1.60. The topological polar surface area (TPSA) is 29.1 Å². The molecule has 0 bridgehead atoms. The molecule has 0 atom stereocenters. The zero-order valence-corrected chi connectivity index (χ0v) is 10.3. The molecule has 0 fully saturated rings. The number of amides is 1. The summed E-state index contributed by atoms with van der Waals surface area (Å²) in [6, 6.07) is 6.22. The zero-order valence-electron chi connectivity index (χ0n) is 8.72. The Morgan fingerprint density at radius 1 is 1.60 bits per heavy atom. The van der Waals surface area contributed by atoms with E-state index in [0.717, 1.165) is 10.9 Å². The molecule has 3 heteroatoms. The highest BCUT2D eigenvalue weighted by atomic mass is 79.9. The number of aryl methyl sites for hydroxylation is 1. The van der Waals surface area contributed by atoms with Crippen LogP contribution in [0.2, 0.25) is 0 Å². The number of carbonyl (C=O) groups is 1. The second-order valence-corrected chi connectivity index (χ2v) is 3.88. The van der Waals surface area contributed by atoms with Gasteiger partial charge in [-0.15, -0.1) is 0 Å². The third-order valence-corrected chi connectivity index (χ3v) is 2.85. The fourth-order valence-electron chi connectivity index (χ4n) is 1.25. The van der Waals surface area contributed by atoms with E-state index in [1.165, 1.54) is 17.2 Å². The number of hydrogen-bond acceptors (Lipinski definition) is 1. The average molecular weight is 268 g/mol. The Balaban J connectivity index is 2.74. The Morgan fingerprint density at radius 2 is 2.33 bits per heavy atom. The van der Waals surface area contributed by atoms with Crippen molar-refractivity contribution in [2.24, 2.45) is 0 Å². The molecule has 1 rings (SSSR count). The number of hydrogen-bond donors (Lipinski definition) is 1. The second-order valence-electron chi connectivity index (χ2n) is 3.32. The van der Waals surface area contributed by atoms with Crippen LogP contribution in [0.5, 0.6) is 0 Å². The van der Waals surface area contributed by atoms with E-state index in [1.54, 1.807) is 0 Å². The Hall–Kier alpha value is -1.09. The normalized spacial score (nSPS) is 9.73. The van der Waals surface area contributed by atoms with Crippen molar-refractivity contribution in [3.05, 3.63) is 47.5 Å². The molecule has 0 aromatic heterocycles. The van der Waals surface area contributed by atoms with Crippen molar-refractivity contribution in [2.45, 2.75) is 18.8 Å². The van der Waals surface area contributed by atoms with Gasteiger partial charge >= 0.3 is 0 Å². The van der Waals surface area contributed by atoms with Gasteiger partial charge in [0.05, 0.1) is 0 Å². The van der Waals surface area contributed by atoms with E-state index in [-0.39, 0.29) is 5.91 Å². The Morgan fingerprint density at radius 3 is 2.93 bits per heavy atom. The van der Waals surface area contributed by atoms with Gasteiger partial charge in [0.25, 0.3) is 0 Å². The molecular weight excluding hydrogens is 254 g/mol. The highest BCUT2D eigenvalue weighted by Crippen LogP contribution is 2.13. The molecule has 1 N–H and O–H groups in total. The molecule has 1 aromatic rings. The van der Waals surface area contributed by atoms with Gasteiger partial charge in [-0.05, 0) is 29.7 Å². The van der Waals surface area contributed by atoms with E-state index in [1.807, 2.05) is 6.92 Å². The SMILES string of the molecule is C=CC(=O)NCc1cc(CBr)ccc1C. The summed E-state index contributed by atoms with van der Waals surface area (Å²) in [5.41, 5.74) is 3.54. The highest BCUT2D eigenvalue weighted by molar-refractivity contribution is 9.08. The summed E-state index contributed by atoms with van der Waals surface area (Å²) in [6.07, 6.45) is 1.28. The van der Waals surface area contributed by atoms with E-state index < -0.39 is 0 Å². The van der Waals surface area contributed by atoms with Crippen LogP contribution in [-0.4, -0.2) is 5.91 Å². The van der Waals surface area contributed by atoms with Crippen LogP contribution in [-0.2, 0) is 16.7 Å². The van der Waals surface area contributed by atoms with Crippen molar-refractivity contribution in [3.8, 4) is 0 Å². The van der Waals surface area contributed by atoms with Crippen LogP contribution in [0.3, 0.4) is 0 Å². The first kappa shape index (κ1) is 12.0. The minimum atomic E-state index is -0.140. The maximum atomic E-state index is 11.0. The second kappa shape index (κ2) is 5.71. The first-order valence-corrected chi connectivity index (χ1v) is 5.84. The molecule has 0 aliphatic rings. The van der Waals surface area contributed by atoms with E-state index in [0.29, 0.717) is 6.54 Å². The van der Waals surface area contributed by atoms with Gasteiger partial charge in [-0.2, -0.15) is 0 Å². The summed E-state index contributed by atoms with van der Waals surface area (Å²) >= 11 is 3.41. The summed E-state index contributed by atoms with van der Waals surface area (Å²) in [7, 11) is 0. The molecule has 1 amide bonds. The summed E-state index contributed by atoms with van der Waals surface area (Å²) in [6.45, 7) is 6.00. The van der Waals surface area contributed by atoms with Gasteiger partial charge in [-0.1, -0.05) is 40.7 Å². The number of benzene rings is 1. The van der Waals surface area contributed by atoms with Gasteiger partial charge in [0, 0.05) is 11.9 Å². The molecule has 15 heavy (non-hydrogen) atoms. The van der Waals surface area contributed by atoms with Crippen LogP contribution < -0.4 is 5.32 Å². The van der Waals surface area contributed by atoms with Crippen molar-refractivity contribution in [1.29, 1.82) is 0 Å². The van der Waals surface area contributed by atoms with Gasteiger partial charge in [0.1, 0.15) is 0 Å². The Kier molecular flexibility index (Phi) is 4.56. The maximum Gasteiger partial charge on any atom is 0.243 e. The predicted molar refractivity (Wildman–Crippen MR) is 65.9 cm³/mol. The van der Waals surface area contributed by atoms with Gasteiger partial charge in [0.15, 0.2) is 0 Å². The van der Waals surface area contributed by atoms with Crippen LogP contribution in [0, 0.1) is 6.92 Å². The smallest absolute Gasteiger partial charge is 0.243 e. The lowest BCUT2D eigenvalue weighted by Crippen LogP contribution is -2.20. The Bertz CT molecular complexity index is 374. The van der Waals surface area contributed by atoms with Crippen LogP contribution >= 0.6 is 15.9 Å². The quantitative estimate of drug-likeness (QED) is 0.660. The van der Waals surface area contributed by atoms with Crippen LogP contribution in [0.4, 0.5) is 0 Å². The van der Waals surface area contributed by atoms with Crippen molar-refractivity contribution in [2.75, 3.05) is 0 Å². The van der Waals surface area contributed by atoms with Gasteiger partial charge < -0.3 is 5.32 Å². The van der Waals surface area contributed by atoms with Crippen molar-refractivity contribution in [1.82, 2.24) is 5.32 Å². The Labute approximate surface area is 98.5 Å². The van der Waals surface area contributed by atoms with E-state index >= 15 is 0 Å². The van der Waals surface area contributed by atoms with E-state index in [9.17, 15) is 4.79 Å². The van der Waals surface area contributed by atoms with Gasteiger partial charge in [0.2, 0.25) is 5.91 Å². The monoisotopic (exact) mass is 267 g/mol. The molecule has 0 unspecified atom stereocenters. The first-order valence-electron chi connectivity index (χ1n) is 4.72. The van der Waals surface area contributed by atoms with Crippen LogP contribution in [0.1, 0.15) is 16.7 Å². The minimum Gasteiger partial charge on any atom is -0.348 e. The zero-order chi connectivity index (χ0) is 11.3. The van der Waals surface area contributed by atoms with E-state index in [4.69, 9.17) is 0 Å². The fraction of sp³-hybridized carbons (Fsp3) is 0.250. The van der Waals surface area contributed by atoms with Crippen LogP contribution in [0.15, 0.2) is 30.9 Å². The van der Waals surface area contributed by atoms with Gasteiger partial charge in [-0.3, -0.25) is 4.79 Å². The van der Waals surface area contributed by atoms with Crippen molar-refractivity contribution in [3.63, 3.8) is 0 Å². The van der Waals surface area contributed by atoms with Crippen LogP contribution in [0.25, 0.3) is 0 Å². The molecular formula is C12H14BrNO.